The van der Waals surface area contributed by atoms with Crippen molar-refractivity contribution in [2.45, 2.75) is 13.0 Å². The fourth-order valence-electron chi connectivity index (χ4n) is 1.27. The Morgan fingerprint density at radius 2 is 2.19 bits per heavy atom. The molecule has 0 aliphatic heterocycles. The lowest BCUT2D eigenvalue weighted by Gasteiger charge is -2.02. The van der Waals surface area contributed by atoms with Crippen molar-refractivity contribution in [3.05, 3.63) is 34.6 Å². The van der Waals surface area contributed by atoms with E-state index in [-0.39, 0.29) is 6.04 Å². The second-order valence-corrected chi connectivity index (χ2v) is 4.38. The minimum atomic E-state index is 0.0633. The summed E-state index contributed by atoms with van der Waals surface area (Å²) >= 11 is 3.41. The zero-order chi connectivity index (χ0) is 11.5. The van der Waals surface area contributed by atoms with Crippen molar-refractivity contribution >= 4 is 15.9 Å². The lowest BCUT2D eigenvalue weighted by Crippen LogP contribution is -2.12. The summed E-state index contributed by atoms with van der Waals surface area (Å²) in [5, 5.41) is 11.1. The Morgan fingerprint density at radius 3 is 2.88 bits per heavy atom. The number of nitrogens with one attached hydrogen (secondary N) is 1. The molecule has 0 saturated carbocycles. The minimum Gasteiger partial charge on any atom is -0.419 e. The van der Waals surface area contributed by atoms with Crippen molar-refractivity contribution in [1.82, 2.24) is 15.5 Å². The molecule has 1 atom stereocenters. The molecule has 84 valence electrons. The molecule has 0 aliphatic rings. The summed E-state index contributed by atoms with van der Waals surface area (Å²) in [6.45, 7) is 1.97. The van der Waals surface area contributed by atoms with Gasteiger partial charge in [-0.2, -0.15) is 0 Å². The van der Waals surface area contributed by atoms with Crippen molar-refractivity contribution in [2.75, 3.05) is 7.05 Å². The van der Waals surface area contributed by atoms with Crippen LogP contribution in [0.25, 0.3) is 11.5 Å². The fraction of sp³-hybridized carbons (Fsp3) is 0.273. The Bertz CT molecular complexity index is 484. The third kappa shape index (κ3) is 2.31. The molecular formula is C11H12BrN3O. The van der Waals surface area contributed by atoms with E-state index in [1.54, 1.807) is 0 Å². The van der Waals surface area contributed by atoms with Crippen LogP contribution in [0.5, 0.6) is 0 Å². The smallest absolute Gasteiger partial charge is 0.247 e. The predicted molar refractivity (Wildman–Crippen MR) is 64.9 cm³/mol. The summed E-state index contributed by atoms with van der Waals surface area (Å²) in [5.74, 6) is 1.14. The number of aromatic nitrogens is 2. The number of rotatable bonds is 3. The molecule has 0 spiro atoms. The molecule has 1 N–H and O–H groups in total. The first-order chi connectivity index (χ1) is 7.70. The van der Waals surface area contributed by atoms with Crippen LogP contribution in [0.2, 0.25) is 0 Å². The van der Waals surface area contributed by atoms with Crippen LogP contribution < -0.4 is 5.32 Å². The number of hydrogen-bond donors (Lipinski definition) is 1. The van der Waals surface area contributed by atoms with Crippen molar-refractivity contribution < 1.29 is 4.42 Å². The Balaban J connectivity index is 2.31. The van der Waals surface area contributed by atoms with Crippen LogP contribution >= 0.6 is 15.9 Å². The van der Waals surface area contributed by atoms with E-state index in [0.717, 1.165) is 10.0 Å². The maximum Gasteiger partial charge on any atom is 0.247 e. The van der Waals surface area contributed by atoms with Crippen LogP contribution in [0, 0.1) is 0 Å². The Hall–Kier alpha value is -1.20. The number of hydrogen-bond acceptors (Lipinski definition) is 4. The van der Waals surface area contributed by atoms with Crippen LogP contribution in [0.15, 0.2) is 33.2 Å². The lowest BCUT2D eigenvalue weighted by atomic mass is 10.2. The molecule has 0 bridgehead atoms. The van der Waals surface area contributed by atoms with E-state index in [9.17, 15) is 0 Å². The SMILES string of the molecule is CNC(C)c1nnc(-c2cccc(Br)c2)o1. The molecule has 1 aromatic carbocycles. The standard InChI is InChI=1S/C11H12BrN3O/c1-7(13-2)10-14-15-11(16-10)8-4-3-5-9(12)6-8/h3-7,13H,1-2H3. The molecule has 0 aliphatic carbocycles. The lowest BCUT2D eigenvalue weighted by molar-refractivity contribution is 0.441. The average Bonchev–Trinajstić information content (AvgIpc) is 2.77. The highest BCUT2D eigenvalue weighted by Gasteiger charge is 2.13. The Labute approximate surface area is 102 Å². The van der Waals surface area contributed by atoms with Gasteiger partial charge < -0.3 is 9.73 Å². The van der Waals surface area contributed by atoms with E-state index in [0.29, 0.717) is 11.8 Å². The summed E-state index contributed by atoms with van der Waals surface area (Å²) in [6, 6.07) is 7.84. The van der Waals surface area contributed by atoms with Gasteiger partial charge in [0, 0.05) is 10.0 Å². The van der Waals surface area contributed by atoms with E-state index in [4.69, 9.17) is 4.42 Å². The van der Waals surface area contributed by atoms with Crippen LogP contribution in [-0.2, 0) is 0 Å². The molecule has 1 unspecified atom stereocenters. The maximum atomic E-state index is 5.57. The first kappa shape index (κ1) is 11.3. The van der Waals surface area contributed by atoms with Gasteiger partial charge in [0.15, 0.2) is 0 Å². The molecule has 16 heavy (non-hydrogen) atoms. The maximum absolute atomic E-state index is 5.57. The van der Waals surface area contributed by atoms with E-state index in [1.165, 1.54) is 0 Å². The summed E-state index contributed by atoms with van der Waals surface area (Å²) < 4.78 is 6.56. The molecule has 0 amide bonds. The third-order valence-electron chi connectivity index (χ3n) is 2.32. The molecule has 1 heterocycles. The third-order valence-corrected chi connectivity index (χ3v) is 2.81. The van der Waals surface area contributed by atoms with E-state index >= 15 is 0 Å². The minimum absolute atomic E-state index is 0.0633. The first-order valence-corrected chi connectivity index (χ1v) is 5.76. The monoisotopic (exact) mass is 281 g/mol. The first-order valence-electron chi connectivity index (χ1n) is 4.97. The van der Waals surface area contributed by atoms with E-state index in [1.807, 2.05) is 38.2 Å². The van der Waals surface area contributed by atoms with Gasteiger partial charge in [-0.25, -0.2) is 0 Å². The van der Waals surface area contributed by atoms with Crippen LogP contribution in [0.3, 0.4) is 0 Å². The number of nitrogens with zero attached hydrogens (tertiary/aromatic N) is 2. The van der Waals surface area contributed by atoms with Crippen molar-refractivity contribution in [3.63, 3.8) is 0 Å². The van der Waals surface area contributed by atoms with Gasteiger partial charge in [0.1, 0.15) is 0 Å². The van der Waals surface area contributed by atoms with Gasteiger partial charge in [0.25, 0.3) is 0 Å². The largest absolute Gasteiger partial charge is 0.419 e. The number of halogens is 1. The highest BCUT2D eigenvalue weighted by Crippen LogP contribution is 2.23. The molecule has 0 fully saturated rings. The summed E-state index contributed by atoms with van der Waals surface area (Å²) in [7, 11) is 1.85. The van der Waals surface area contributed by atoms with Crippen LogP contribution in [0.4, 0.5) is 0 Å². The summed E-state index contributed by atoms with van der Waals surface area (Å²) in [5.41, 5.74) is 0.913. The van der Waals surface area contributed by atoms with Gasteiger partial charge in [-0.15, -0.1) is 10.2 Å². The molecule has 2 aromatic rings. The van der Waals surface area contributed by atoms with E-state index in [2.05, 4.69) is 31.4 Å². The normalized spacial score (nSPS) is 12.7. The van der Waals surface area contributed by atoms with E-state index < -0.39 is 0 Å². The van der Waals surface area contributed by atoms with Gasteiger partial charge in [-0.05, 0) is 32.2 Å². The predicted octanol–water partition coefficient (Wildman–Crippen LogP) is 2.78. The highest BCUT2D eigenvalue weighted by atomic mass is 79.9. The second kappa shape index (κ2) is 4.76. The molecular weight excluding hydrogens is 270 g/mol. The Morgan fingerprint density at radius 1 is 1.38 bits per heavy atom. The highest BCUT2D eigenvalue weighted by molar-refractivity contribution is 9.10. The zero-order valence-corrected chi connectivity index (χ0v) is 10.7. The fourth-order valence-corrected chi connectivity index (χ4v) is 1.67. The quantitative estimate of drug-likeness (QED) is 0.940. The molecule has 2 rings (SSSR count). The molecule has 0 saturated heterocycles. The van der Waals surface area contributed by atoms with Gasteiger partial charge in [-0.1, -0.05) is 22.0 Å². The van der Waals surface area contributed by atoms with Crippen molar-refractivity contribution in [3.8, 4) is 11.5 Å². The van der Waals surface area contributed by atoms with Gasteiger partial charge in [0.05, 0.1) is 6.04 Å². The zero-order valence-electron chi connectivity index (χ0n) is 9.07. The molecule has 4 nitrogen and oxygen atoms in total. The topological polar surface area (TPSA) is 51.0 Å². The molecule has 5 heteroatoms. The average molecular weight is 282 g/mol. The summed E-state index contributed by atoms with van der Waals surface area (Å²) in [4.78, 5) is 0. The van der Waals surface area contributed by atoms with Crippen molar-refractivity contribution in [1.29, 1.82) is 0 Å². The van der Waals surface area contributed by atoms with Gasteiger partial charge in [-0.3, -0.25) is 0 Å². The summed E-state index contributed by atoms with van der Waals surface area (Å²) in [6.07, 6.45) is 0. The van der Waals surface area contributed by atoms with Gasteiger partial charge >= 0.3 is 0 Å². The second-order valence-electron chi connectivity index (χ2n) is 3.47. The van der Waals surface area contributed by atoms with Crippen LogP contribution in [-0.4, -0.2) is 17.2 Å². The Kier molecular flexibility index (Phi) is 3.36. The van der Waals surface area contributed by atoms with Gasteiger partial charge in [0.2, 0.25) is 11.8 Å². The van der Waals surface area contributed by atoms with Crippen LogP contribution in [0.1, 0.15) is 18.9 Å². The molecule has 0 radical (unpaired) electrons. The van der Waals surface area contributed by atoms with Crippen molar-refractivity contribution in [2.24, 2.45) is 0 Å². The number of benzene rings is 1. The molecule has 1 aromatic heterocycles.